The molecule has 1 rings (SSSR count). The van der Waals surface area contributed by atoms with Crippen molar-refractivity contribution in [2.75, 3.05) is 30.7 Å². The quantitative estimate of drug-likeness (QED) is 0.657. The van der Waals surface area contributed by atoms with Crippen LogP contribution in [0.15, 0.2) is 4.34 Å². The third kappa shape index (κ3) is 7.99. The Bertz CT molecular complexity index is 604. The number of hydrogen-bond acceptors (Lipinski definition) is 8. The van der Waals surface area contributed by atoms with Crippen LogP contribution in [0.25, 0.3) is 0 Å². The van der Waals surface area contributed by atoms with Crippen LogP contribution in [-0.2, 0) is 4.79 Å². The van der Waals surface area contributed by atoms with E-state index >= 15 is 0 Å². The van der Waals surface area contributed by atoms with Crippen LogP contribution in [0.1, 0.15) is 12.8 Å². The molecule has 0 atom stereocenters. The topological polar surface area (TPSA) is 106 Å². The van der Waals surface area contributed by atoms with Gasteiger partial charge in [-0.1, -0.05) is 23.1 Å². The summed E-state index contributed by atoms with van der Waals surface area (Å²) in [6, 6.07) is 3.86. The number of amides is 1. The van der Waals surface area contributed by atoms with Crippen LogP contribution in [0, 0.1) is 22.7 Å². The lowest BCUT2D eigenvalue weighted by molar-refractivity contribution is -0.128. The number of thioether (sulfide) groups is 1. The fourth-order valence-electron chi connectivity index (χ4n) is 1.46. The van der Waals surface area contributed by atoms with Gasteiger partial charge in [0.25, 0.3) is 0 Å². The number of carbonyl (C=O) groups excluding carboxylic acids is 1. The van der Waals surface area contributed by atoms with Crippen LogP contribution in [0.3, 0.4) is 0 Å². The highest BCUT2D eigenvalue weighted by Crippen LogP contribution is 2.26. The van der Waals surface area contributed by atoms with E-state index in [4.69, 9.17) is 10.5 Å². The lowest BCUT2D eigenvalue weighted by atomic mass is 10.3. The van der Waals surface area contributed by atoms with Crippen molar-refractivity contribution in [1.29, 1.82) is 10.5 Å². The molecule has 0 aromatic carbocycles. The van der Waals surface area contributed by atoms with E-state index in [1.165, 1.54) is 4.90 Å². The van der Waals surface area contributed by atoms with Gasteiger partial charge in [-0.25, -0.2) is 0 Å². The van der Waals surface area contributed by atoms with Crippen LogP contribution in [-0.4, -0.2) is 52.6 Å². The number of hydrogen-bond donors (Lipinski definition) is 1. The van der Waals surface area contributed by atoms with Gasteiger partial charge < -0.3 is 10.2 Å². The van der Waals surface area contributed by atoms with E-state index in [-0.39, 0.29) is 42.7 Å². The number of carbonyl (C=O) groups is 1. The Morgan fingerprint density at radius 2 is 1.88 bits per heavy atom. The molecule has 0 spiro atoms. The molecule has 0 saturated heterocycles. The van der Waals surface area contributed by atoms with Gasteiger partial charge in [0, 0.05) is 13.1 Å². The van der Waals surface area contributed by atoms with Gasteiger partial charge in [-0.3, -0.25) is 4.79 Å². The highest BCUT2D eigenvalue weighted by atomic mass is 32.2. The maximum absolute atomic E-state index is 12.1. The summed E-state index contributed by atoms with van der Waals surface area (Å²) in [7, 11) is 0. The number of alkyl halides is 3. The minimum atomic E-state index is -4.35. The Balaban J connectivity index is 2.48. The first-order valence-corrected chi connectivity index (χ1v) is 8.44. The average Bonchev–Trinajstić information content (AvgIpc) is 2.98. The Morgan fingerprint density at radius 1 is 1.25 bits per heavy atom. The highest BCUT2D eigenvalue weighted by molar-refractivity contribution is 8.01. The summed E-state index contributed by atoms with van der Waals surface area (Å²) in [5.74, 6) is -0.268. The van der Waals surface area contributed by atoms with Gasteiger partial charge in [-0.15, -0.1) is 10.2 Å². The van der Waals surface area contributed by atoms with Crippen LogP contribution >= 0.6 is 23.1 Å². The molecule has 7 nitrogen and oxygen atoms in total. The number of aromatic nitrogens is 2. The molecule has 1 aromatic rings. The van der Waals surface area contributed by atoms with E-state index in [9.17, 15) is 18.0 Å². The summed E-state index contributed by atoms with van der Waals surface area (Å²) in [5, 5.41) is 26.6. The van der Waals surface area contributed by atoms with Crippen molar-refractivity contribution >= 4 is 34.1 Å². The Hall–Kier alpha value is -2.05. The van der Waals surface area contributed by atoms with Crippen molar-refractivity contribution in [3.05, 3.63) is 0 Å². The zero-order valence-electron chi connectivity index (χ0n) is 12.3. The summed E-state index contributed by atoms with van der Waals surface area (Å²) in [6.07, 6.45) is -4.03. The predicted octanol–water partition coefficient (Wildman–Crippen LogP) is 2.26. The van der Waals surface area contributed by atoms with E-state index in [1.54, 1.807) is 0 Å². The Kier molecular flexibility index (Phi) is 8.29. The lowest BCUT2D eigenvalue weighted by Gasteiger charge is -2.19. The zero-order valence-corrected chi connectivity index (χ0v) is 14.0. The first-order valence-electron chi connectivity index (χ1n) is 6.64. The summed E-state index contributed by atoms with van der Waals surface area (Å²) >= 11 is 1.96. The van der Waals surface area contributed by atoms with Crippen LogP contribution in [0.5, 0.6) is 0 Å². The molecule has 0 fully saturated rings. The van der Waals surface area contributed by atoms with Gasteiger partial charge in [0.1, 0.15) is 6.54 Å². The minimum Gasteiger partial charge on any atom is -0.351 e. The van der Waals surface area contributed by atoms with Gasteiger partial charge in [-0.2, -0.15) is 23.7 Å². The van der Waals surface area contributed by atoms with Crippen molar-refractivity contribution in [3.8, 4) is 12.1 Å². The van der Waals surface area contributed by atoms with Crippen LogP contribution < -0.4 is 5.32 Å². The third-order valence-electron chi connectivity index (χ3n) is 2.51. The molecule has 1 aromatic heterocycles. The number of halogens is 3. The zero-order chi connectivity index (χ0) is 18.0. The first-order chi connectivity index (χ1) is 11.4. The van der Waals surface area contributed by atoms with Gasteiger partial charge in [-0.05, 0) is 0 Å². The molecule has 12 heteroatoms. The Labute approximate surface area is 144 Å². The van der Waals surface area contributed by atoms with E-state index in [0.29, 0.717) is 4.34 Å². The maximum atomic E-state index is 12.1. The molecule has 1 heterocycles. The number of nitrogens with one attached hydrogen (secondary N) is 1. The fourth-order valence-corrected chi connectivity index (χ4v) is 3.11. The molecule has 24 heavy (non-hydrogen) atoms. The highest BCUT2D eigenvalue weighted by Gasteiger charge is 2.27. The molecular formula is C12H13F3N6OS2. The van der Waals surface area contributed by atoms with Crippen LogP contribution in [0.2, 0.25) is 0 Å². The lowest BCUT2D eigenvalue weighted by Crippen LogP contribution is -2.34. The molecule has 0 unspecified atom stereocenters. The molecule has 0 aliphatic carbocycles. The van der Waals surface area contributed by atoms with E-state index in [2.05, 4.69) is 15.5 Å². The normalized spacial score (nSPS) is 10.7. The van der Waals surface area contributed by atoms with Crippen molar-refractivity contribution in [3.63, 3.8) is 0 Å². The Morgan fingerprint density at radius 3 is 2.42 bits per heavy atom. The molecule has 0 aliphatic heterocycles. The second kappa shape index (κ2) is 9.95. The van der Waals surface area contributed by atoms with Gasteiger partial charge in [0.05, 0.1) is 30.7 Å². The number of rotatable bonds is 9. The maximum Gasteiger partial charge on any atom is 0.405 e. The van der Waals surface area contributed by atoms with E-state index in [1.807, 2.05) is 12.1 Å². The average molecular weight is 378 g/mol. The fraction of sp³-hybridized carbons (Fsp3) is 0.583. The molecule has 130 valence electrons. The third-order valence-corrected chi connectivity index (χ3v) is 4.50. The molecule has 0 aliphatic rings. The molecular weight excluding hydrogens is 365 g/mol. The number of nitrogens with zero attached hydrogens (tertiary/aromatic N) is 5. The SMILES string of the molecule is N#CCCN(CCC#N)C(=O)CSc1nnc(NCC(F)(F)F)s1. The van der Waals surface area contributed by atoms with Gasteiger partial charge >= 0.3 is 6.18 Å². The van der Waals surface area contributed by atoms with E-state index < -0.39 is 12.7 Å². The molecule has 0 bridgehead atoms. The standard InChI is InChI=1S/C12H13F3N6OS2/c13-12(14,15)8-18-10-19-20-11(24-10)23-7-9(22)21(5-1-3-16)6-2-4-17/h1-2,5-8H2,(H,18,19). The van der Waals surface area contributed by atoms with E-state index in [0.717, 1.165) is 23.1 Å². The van der Waals surface area contributed by atoms with Gasteiger partial charge in [0.15, 0.2) is 4.34 Å². The number of nitriles is 2. The van der Waals surface area contributed by atoms with Crippen molar-refractivity contribution in [2.45, 2.75) is 23.4 Å². The molecule has 0 saturated carbocycles. The summed E-state index contributed by atoms with van der Waals surface area (Å²) in [5.41, 5.74) is 0. The van der Waals surface area contributed by atoms with Crippen molar-refractivity contribution in [2.24, 2.45) is 0 Å². The van der Waals surface area contributed by atoms with Crippen LogP contribution in [0.4, 0.5) is 18.3 Å². The predicted molar refractivity (Wildman–Crippen MR) is 82.2 cm³/mol. The summed E-state index contributed by atoms with van der Waals surface area (Å²) in [6.45, 7) is -0.751. The molecule has 1 N–H and O–H groups in total. The largest absolute Gasteiger partial charge is 0.405 e. The van der Waals surface area contributed by atoms with Crippen molar-refractivity contribution in [1.82, 2.24) is 15.1 Å². The number of anilines is 1. The summed E-state index contributed by atoms with van der Waals surface area (Å²) in [4.78, 5) is 13.5. The first kappa shape index (κ1) is 20.0. The summed E-state index contributed by atoms with van der Waals surface area (Å²) < 4.78 is 36.6. The van der Waals surface area contributed by atoms with Crippen molar-refractivity contribution < 1.29 is 18.0 Å². The molecule has 0 radical (unpaired) electrons. The molecule has 1 amide bonds. The second-order valence-corrected chi connectivity index (χ2v) is 6.53. The smallest absolute Gasteiger partial charge is 0.351 e. The second-order valence-electron chi connectivity index (χ2n) is 4.33. The minimum absolute atomic E-state index is 0.00472. The van der Waals surface area contributed by atoms with Gasteiger partial charge in [0.2, 0.25) is 11.0 Å². The monoisotopic (exact) mass is 378 g/mol.